The maximum atomic E-state index is 5.80. The van der Waals surface area contributed by atoms with Crippen molar-refractivity contribution >= 4 is 23.3 Å². The monoisotopic (exact) mass is 242 g/mol. The van der Waals surface area contributed by atoms with Crippen LogP contribution < -0.4 is 5.84 Å². The molecule has 0 amide bonds. The smallest absolute Gasteiger partial charge is 0.216 e. The molecule has 0 saturated heterocycles. The fraction of sp³-hybridized carbons (Fsp3) is 0.429. The van der Waals surface area contributed by atoms with E-state index in [9.17, 15) is 0 Å². The summed E-state index contributed by atoms with van der Waals surface area (Å²) in [6, 6.07) is 0. The van der Waals surface area contributed by atoms with E-state index in [1.807, 2.05) is 13.8 Å². The normalized spacial score (nSPS) is 10.8. The maximum Gasteiger partial charge on any atom is 0.216 e. The number of nitrogen functional groups attached to an aromatic ring is 1. The second-order valence-electron chi connectivity index (χ2n) is 2.83. The molecule has 2 heterocycles. The molecular weight excluding hydrogens is 232 g/mol. The quantitative estimate of drug-likeness (QED) is 0.804. The van der Waals surface area contributed by atoms with Crippen LogP contribution in [0.5, 0.6) is 0 Å². The van der Waals surface area contributed by atoms with Crippen LogP contribution in [0.15, 0.2) is 9.50 Å². The minimum Gasteiger partial charge on any atom is -0.336 e. The Labute approximate surface area is 95.1 Å². The van der Waals surface area contributed by atoms with Gasteiger partial charge >= 0.3 is 0 Å². The Morgan fingerprint density at radius 2 is 2.27 bits per heavy atom. The molecule has 0 aliphatic heterocycles. The highest BCUT2D eigenvalue weighted by atomic mass is 32.2. The maximum absolute atomic E-state index is 5.80. The number of nitrogens with two attached hydrogens (primary N) is 1. The zero-order valence-electron chi connectivity index (χ0n) is 8.34. The zero-order chi connectivity index (χ0) is 10.8. The minimum absolute atomic E-state index is 0.642. The lowest BCUT2D eigenvalue weighted by Gasteiger charge is -1.98. The van der Waals surface area contributed by atoms with Crippen LogP contribution in [-0.4, -0.2) is 24.2 Å². The zero-order valence-corrected chi connectivity index (χ0v) is 9.97. The van der Waals surface area contributed by atoms with Crippen molar-refractivity contribution in [2.45, 2.75) is 29.8 Å². The molecule has 0 unspecified atom stereocenters. The fourth-order valence-corrected chi connectivity index (χ4v) is 2.54. The van der Waals surface area contributed by atoms with Crippen molar-refractivity contribution in [3.8, 4) is 0 Å². The van der Waals surface area contributed by atoms with Crippen molar-refractivity contribution in [1.82, 2.24) is 24.2 Å². The first kappa shape index (κ1) is 10.4. The summed E-state index contributed by atoms with van der Waals surface area (Å²) in [5.74, 6) is 7.32. The molecule has 0 aromatic carbocycles. The number of hydrogen-bond acceptors (Lipinski definition) is 7. The van der Waals surface area contributed by atoms with Gasteiger partial charge in [-0.05, 0) is 30.2 Å². The summed E-state index contributed by atoms with van der Waals surface area (Å²) in [6.45, 7) is 3.84. The summed E-state index contributed by atoms with van der Waals surface area (Å²) >= 11 is 2.72. The minimum atomic E-state index is 0.642. The van der Waals surface area contributed by atoms with E-state index in [0.717, 1.165) is 22.4 Å². The molecule has 2 rings (SSSR count). The first-order valence-electron chi connectivity index (χ1n) is 4.38. The van der Waals surface area contributed by atoms with Gasteiger partial charge in [0.05, 0.1) is 0 Å². The van der Waals surface area contributed by atoms with E-state index in [4.69, 9.17) is 5.84 Å². The predicted molar refractivity (Wildman–Crippen MR) is 58.3 cm³/mol. The third-order valence-electron chi connectivity index (χ3n) is 1.74. The molecule has 2 aromatic rings. The average Bonchev–Trinajstić information content (AvgIpc) is 2.76. The Kier molecular flexibility index (Phi) is 2.87. The van der Waals surface area contributed by atoms with Gasteiger partial charge in [-0.15, -0.1) is 10.2 Å². The SMILES string of the molecule is CCc1nnc(Sc2nc(C)ns2)n1N. The molecule has 0 saturated carbocycles. The number of hydrogen-bond donors (Lipinski definition) is 1. The van der Waals surface area contributed by atoms with Gasteiger partial charge in [0.25, 0.3) is 0 Å². The highest BCUT2D eigenvalue weighted by Crippen LogP contribution is 2.26. The van der Waals surface area contributed by atoms with Crippen LogP contribution >= 0.6 is 23.3 Å². The second-order valence-corrected chi connectivity index (χ2v) is 4.80. The van der Waals surface area contributed by atoms with E-state index >= 15 is 0 Å². The van der Waals surface area contributed by atoms with Crippen molar-refractivity contribution < 1.29 is 0 Å². The molecule has 6 nitrogen and oxygen atoms in total. The Morgan fingerprint density at radius 3 is 2.80 bits per heavy atom. The van der Waals surface area contributed by atoms with Crippen molar-refractivity contribution in [3.05, 3.63) is 11.6 Å². The topological polar surface area (TPSA) is 82.5 Å². The predicted octanol–water partition coefficient (Wildman–Crippen LogP) is 0.865. The van der Waals surface area contributed by atoms with Gasteiger partial charge in [0.2, 0.25) is 5.16 Å². The van der Waals surface area contributed by atoms with E-state index in [0.29, 0.717) is 5.16 Å². The summed E-state index contributed by atoms with van der Waals surface area (Å²) in [6.07, 6.45) is 0.763. The van der Waals surface area contributed by atoms with Gasteiger partial charge < -0.3 is 5.84 Å². The highest BCUT2D eigenvalue weighted by molar-refractivity contribution is 8.00. The van der Waals surface area contributed by atoms with Crippen LogP contribution in [0.4, 0.5) is 0 Å². The van der Waals surface area contributed by atoms with Crippen molar-refractivity contribution in [2.24, 2.45) is 0 Å². The molecule has 15 heavy (non-hydrogen) atoms. The van der Waals surface area contributed by atoms with Gasteiger partial charge in [-0.25, -0.2) is 9.66 Å². The molecule has 0 fully saturated rings. The summed E-state index contributed by atoms with van der Waals surface area (Å²) in [5.41, 5.74) is 0. The van der Waals surface area contributed by atoms with Crippen LogP contribution in [0, 0.1) is 6.92 Å². The molecular formula is C7H10N6S2. The summed E-state index contributed by atoms with van der Waals surface area (Å²) in [4.78, 5) is 4.22. The lowest BCUT2D eigenvalue weighted by atomic mass is 10.5. The van der Waals surface area contributed by atoms with E-state index in [2.05, 4.69) is 19.6 Å². The second kappa shape index (κ2) is 4.15. The molecule has 0 bridgehead atoms. The molecule has 2 N–H and O–H groups in total. The van der Waals surface area contributed by atoms with E-state index in [-0.39, 0.29) is 0 Å². The average molecular weight is 242 g/mol. The lowest BCUT2D eigenvalue weighted by Crippen LogP contribution is -2.13. The molecule has 0 radical (unpaired) electrons. The van der Waals surface area contributed by atoms with Crippen LogP contribution in [0.25, 0.3) is 0 Å². The van der Waals surface area contributed by atoms with Gasteiger partial charge in [0, 0.05) is 6.42 Å². The molecule has 0 atom stereocenters. The molecule has 0 spiro atoms. The Morgan fingerprint density at radius 1 is 1.47 bits per heavy atom. The third kappa shape index (κ3) is 2.10. The van der Waals surface area contributed by atoms with Gasteiger partial charge in [-0.3, -0.25) is 0 Å². The number of aromatic nitrogens is 5. The summed E-state index contributed by atoms with van der Waals surface area (Å²) in [7, 11) is 0. The third-order valence-corrected chi connectivity index (χ3v) is 3.54. The molecule has 8 heteroatoms. The van der Waals surface area contributed by atoms with E-state index < -0.39 is 0 Å². The largest absolute Gasteiger partial charge is 0.336 e. The lowest BCUT2D eigenvalue weighted by molar-refractivity contribution is 0.796. The van der Waals surface area contributed by atoms with Gasteiger partial charge in [0.1, 0.15) is 5.82 Å². The first-order valence-corrected chi connectivity index (χ1v) is 5.97. The van der Waals surface area contributed by atoms with Gasteiger partial charge in [0.15, 0.2) is 10.2 Å². The van der Waals surface area contributed by atoms with E-state index in [1.54, 1.807) is 0 Å². The van der Waals surface area contributed by atoms with Crippen LogP contribution in [0.3, 0.4) is 0 Å². The molecule has 0 aliphatic carbocycles. The van der Waals surface area contributed by atoms with Crippen LogP contribution in [0.2, 0.25) is 0 Å². The summed E-state index contributed by atoms with van der Waals surface area (Å²) in [5, 5.41) is 8.58. The Balaban J connectivity index is 2.21. The van der Waals surface area contributed by atoms with Gasteiger partial charge in [-0.1, -0.05) is 6.92 Å². The Hall–Kier alpha value is -1.15. The number of aryl methyl sites for hydroxylation is 2. The van der Waals surface area contributed by atoms with Crippen molar-refractivity contribution in [1.29, 1.82) is 0 Å². The van der Waals surface area contributed by atoms with Crippen LogP contribution in [-0.2, 0) is 6.42 Å². The first-order chi connectivity index (χ1) is 7.20. The molecule has 80 valence electrons. The molecule has 2 aromatic heterocycles. The van der Waals surface area contributed by atoms with Crippen molar-refractivity contribution in [2.75, 3.05) is 5.84 Å². The Bertz CT molecular complexity index is 462. The standard InChI is InChI=1S/C7H10N6S2/c1-3-5-10-11-6(13(5)8)14-7-9-4(2)12-15-7/h3,8H2,1-2H3. The number of rotatable bonds is 3. The van der Waals surface area contributed by atoms with Crippen LogP contribution in [0.1, 0.15) is 18.6 Å². The number of nitrogens with zero attached hydrogens (tertiary/aromatic N) is 5. The summed E-state index contributed by atoms with van der Waals surface area (Å²) < 4.78 is 6.40. The van der Waals surface area contributed by atoms with E-state index in [1.165, 1.54) is 28.0 Å². The van der Waals surface area contributed by atoms with Crippen molar-refractivity contribution in [3.63, 3.8) is 0 Å². The highest BCUT2D eigenvalue weighted by Gasteiger charge is 2.11. The molecule has 0 aliphatic rings. The van der Waals surface area contributed by atoms with Gasteiger partial charge in [-0.2, -0.15) is 4.37 Å². The fourth-order valence-electron chi connectivity index (χ4n) is 1.02.